The van der Waals surface area contributed by atoms with Crippen LogP contribution in [-0.2, 0) is 20.0 Å². The van der Waals surface area contributed by atoms with Gasteiger partial charge in [-0.1, -0.05) is 0 Å². The van der Waals surface area contributed by atoms with Crippen LogP contribution in [0.5, 0.6) is 0 Å². The first-order valence-electron chi connectivity index (χ1n) is 2.76. The summed E-state index contributed by atoms with van der Waals surface area (Å²) in [7, 11) is -4.67. The maximum Gasteiger partial charge on any atom is 1.00 e. The van der Waals surface area contributed by atoms with Crippen LogP contribution in [0.25, 0.3) is 0 Å². The molecule has 0 bridgehead atoms. The zero-order valence-electron chi connectivity index (χ0n) is 8.24. The third-order valence-electron chi connectivity index (χ3n) is 0.553. The van der Waals surface area contributed by atoms with Crippen LogP contribution in [0.2, 0.25) is 0 Å². The van der Waals surface area contributed by atoms with Gasteiger partial charge in [0.15, 0.2) is 0 Å². The molecule has 0 heterocycles. The molecule has 0 saturated carbocycles. The zero-order valence-corrected chi connectivity index (χ0v) is 10.1. The van der Waals surface area contributed by atoms with E-state index in [0.29, 0.717) is 0 Å². The summed E-state index contributed by atoms with van der Waals surface area (Å²) < 4.78 is 31.6. The van der Waals surface area contributed by atoms with Crippen LogP contribution in [0.15, 0.2) is 0 Å². The average molecular weight is 240 g/mol. The summed E-state index contributed by atoms with van der Waals surface area (Å²) in [5.74, 6) is -2.15. The Labute approximate surface area is 103 Å². The van der Waals surface area contributed by atoms with Crippen molar-refractivity contribution in [1.82, 2.24) is 0 Å². The Bertz CT molecular complexity index is 252. The number of carboxylic acids is 2. The molecule has 4 N–H and O–H groups in total. The van der Waals surface area contributed by atoms with Gasteiger partial charge in [0.25, 0.3) is 0 Å². The molecule has 0 aromatic rings. The third-order valence-corrected chi connectivity index (χ3v) is 0.553. The Morgan fingerprint density at radius 2 is 1.14 bits per heavy atom. The number of carbonyl (C=O) groups is 2. The fourth-order valence-electron chi connectivity index (χ4n) is 0.214. The van der Waals surface area contributed by atoms with Gasteiger partial charge in [-0.15, -0.1) is 0 Å². The van der Waals surface area contributed by atoms with E-state index < -0.39 is 22.3 Å². The van der Waals surface area contributed by atoms with Crippen LogP contribution in [0.3, 0.4) is 0 Å². The molecule has 10 heteroatoms. The van der Waals surface area contributed by atoms with Crippen molar-refractivity contribution in [3.05, 3.63) is 0 Å². The normalized spacial score (nSPS) is 9.00. The van der Waals surface area contributed by atoms with Gasteiger partial charge in [-0.05, 0) is 0 Å². The van der Waals surface area contributed by atoms with Gasteiger partial charge in [0.05, 0.1) is 12.8 Å². The minimum atomic E-state index is -4.67. The Morgan fingerprint density at radius 1 is 1.00 bits per heavy atom. The molecule has 0 rings (SSSR count). The maximum atomic E-state index is 9.64. The molecule has 0 fully saturated rings. The average Bonchev–Trinajstić information content (AvgIpc) is 1.79. The Kier molecular flexibility index (Phi) is 13.0. The molecule has 0 aromatic carbocycles. The van der Waals surface area contributed by atoms with E-state index in [1.807, 2.05) is 0 Å². The summed E-state index contributed by atoms with van der Waals surface area (Å²) in [5.41, 5.74) is 0. The van der Waals surface area contributed by atoms with Gasteiger partial charge >= 0.3 is 51.9 Å². The molecule has 0 aliphatic carbocycles. The van der Waals surface area contributed by atoms with Crippen LogP contribution >= 0.6 is 0 Å². The van der Waals surface area contributed by atoms with Crippen molar-refractivity contribution in [2.24, 2.45) is 0 Å². The van der Waals surface area contributed by atoms with E-state index in [2.05, 4.69) is 0 Å². The van der Waals surface area contributed by atoms with Gasteiger partial charge in [-0.2, -0.15) is 8.42 Å². The molecule has 0 amide bonds. The number of rotatable bonds is 3. The van der Waals surface area contributed by atoms with Crippen molar-refractivity contribution in [2.75, 3.05) is 0 Å². The van der Waals surface area contributed by atoms with Crippen molar-refractivity contribution >= 4 is 22.3 Å². The van der Waals surface area contributed by atoms with E-state index >= 15 is 0 Å². The van der Waals surface area contributed by atoms with Crippen LogP contribution in [0.1, 0.15) is 14.3 Å². The molecule has 0 unspecified atom stereocenters. The largest absolute Gasteiger partial charge is 1.00 e. The van der Waals surface area contributed by atoms with Crippen LogP contribution in [0.4, 0.5) is 0 Å². The van der Waals surface area contributed by atoms with Crippen molar-refractivity contribution in [1.29, 1.82) is 0 Å². The molecule has 0 atom stereocenters. The predicted molar refractivity (Wildman–Crippen MR) is 39.8 cm³/mol. The smallest absolute Gasteiger partial charge is 1.00 e. The summed E-state index contributed by atoms with van der Waals surface area (Å²) in [6, 6.07) is 0. The molecule has 8 nitrogen and oxygen atoms in total. The minimum Gasteiger partial charge on any atom is -1.00 e. The fourth-order valence-corrected chi connectivity index (χ4v) is 0.214. The Hall–Kier alpha value is -0.190. The number of aliphatic carboxylic acids is 2. The molecular weight excluding hydrogens is 231 g/mol. The molecule has 0 aliphatic rings. The van der Waals surface area contributed by atoms with Crippen LogP contribution < -0.4 is 29.6 Å². The summed E-state index contributed by atoms with van der Waals surface area (Å²) in [6.45, 7) is 0. The Morgan fingerprint density at radius 3 is 1.21 bits per heavy atom. The second-order valence-electron chi connectivity index (χ2n) is 1.74. The summed E-state index contributed by atoms with van der Waals surface area (Å²) in [6.07, 6.45) is -0.593. The second-order valence-corrected chi connectivity index (χ2v) is 2.63. The van der Waals surface area contributed by atoms with E-state index in [0.717, 1.165) is 0 Å². The number of carboxylic acid groups (broad SMARTS) is 2. The van der Waals surface area contributed by atoms with Gasteiger partial charge in [-0.25, -0.2) is 0 Å². The van der Waals surface area contributed by atoms with Gasteiger partial charge in [-0.3, -0.25) is 18.7 Å². The first-order valence-corrected chi connectivity index (χ1v) is 4.16. The Balaban J connectivity index is -0.0000000770. The summed E-state index contributed by atoms with van der Waals surface area (Å²) in [4.78, 5) is 19.3. The quantitative estimate of drug-likeness (QED) is 0.292. The number of hydrogen-bond donors (Lipinski definition) is 4. The number of hydrogen-bond acceptors (Lipinski definition) is 4. The van der Waals surface area contributed by atoms with Crippen LogP contribution in [-0.4, -0.2) is 39.7 Å². The van der Waals surface area contributed by atoms with Crippen LogP contribution in [0, 0.1) is 0 Å². The third kappa shape index (κ3) is 59.7. The fraction of sp³-hybridized carbons (Fsp3) is 0.500. The van der Waals surface area contributed by atoms with Gasteiger partial charge < -0.3 is 11.6 Å². The second kappa shape index (κ2) is 9.37. The summed E-state index contributed by atoms with van der Waals surface area (Å²) >= 11 is 0. The van der Waals surface area contributed by atoms with Crippen molar-refractivity contribution in [3.8, 4) is 0 Å². The monoisotopic (exact) mass is 240 g/mol. The SMILES string of the molecule is O=C(O)CCC(=O)O.O=S(=O)(O)O.[H-].[Na+]. The van der Waals surface area contributed by atoms with E-state index in [1.54, 1.807) is 0 Å². The molecule has 80 valence electrons. The first kappa shape index (κ1) is 19.4. The van der Waals surface area contributed by atoms with Crippen molar-refractivity contribution in [3.63, 3.8) is 0 Å². The molecule has 0 aromatic heterocycles. The molecule has 14 heavy (non-hydrogen) atoms. The maximum absolute atomic E-state index is 9.64. The van der Waals surface area contributed by atoms with E-state index in [9.17, 15) is 9.59 Å². The standard InChI is InChI=1S/C4H6O4.Na.H2O4S.H/c5-3(6)1-2-4(7)8;;1-5(2,3)4;/h1-2H2,(H,5,6)(H,7,8);;(H2,1,2,3,4);/q;+1;;-1. The topological polar surface area (TPSA) is 149 Å². The van der Waals surface area contributed by atoms with E-state index in [1.165, 1.54) is 0 Å². The molecule has 0 saturated heterocycles. The predicted octanol–water partition coefficient (Wildman–Crippen LogP) is -3.60. The van der Waals surface area contributed by atoms with E-state index in [-0.39, 0.29) is 43.8 Å². The van der Waals surface area contributed by atoms with Gasteiger partial charge in [0, 0.05) is 0 Å². The van der Waals surface area contributed by atoms with Crippen molar-refractivity contribution in [2.45, 2.75) is 12.8 Å². The molecular formula is C4H9NaO8S. The molecule has 0 radical (unpaired) electrons. The van der Waals surface area contributed by atoms with E-state index in [4.69, 9.17) is 27.7 Å². The molecule has 0 aliphatic heterocycles. The van der Waals surface area contributed by atoms with Crippen molar-refractivity contribution < 1.29 is 68.3 Å². The summed E-state index contributed by atoms with van der Waals surface area (Å²) in [5, 5.41) is 15.8. The van der Waals surface area contributed by atoms with Gasteiger partial charge in [0.2, 0.25) is 0 Å². The minimum absolute atomic E-state index is 0. The van der Waals surface area contributed by atoms with Gasteiger partial charge in [0.1, 0.15) is 0 Å². The first-order chi connectivity index (χ1) is 5.63. The molecule has 0 spiro atoms. The zero-order chi connectivity index (χ0) is 11.1.